The average molecular weight is 264 g/mol. The Balaban J connectivity index is 2.44. The highest BCUT2D eigenvalue weighted by atomic mass is 16.5. The first-order chi connectivity index (χ1) is 9.01. The van der Waals surface area contributed by atoms with Crippen molar-refractivity contribution in [2.24, 2.45) is 5.92 Å². The lowest BCUT2D eigenvalue weighted by atomic mass is 10.2. The number of amides is 2. The molecule has 0 radical (unpaired) electrons. The Hall–Kier alpha value is -2.04. The summed E-state index contributed by atoms with van der Waals surface area (Å²) in [6.45, 7) is 4.57. The first kappa shape index (κ1) is 15.0. The van der Waals surface area contributed by atoms with Crippen LogP contribution in [0.4, 0.5) is 5.69 Å². The van der Waals surface area contributed by atoms with Crippen LogP contribution in [0, 0.1) is 5.92 Å². The Morgan fingerprint density at radius 3 is 2.63 bits per heavy atom. The van der Waals surface area contributed by atoms with Gasteiger partial charge >= 0.3 is 0 Å². The van der Waals surface area contributed by atoms with Gasteiger partial charge < -0.3 is 15.4 Å². The number of ether oxygens (including phenoxy) is 1. The summed E-state index contributed by atoms with van der Waals surface area (Å²) in [4.78, 5) is 23.1. The van der Waals surface area contributed by atoms with Crippen molar-refractivity contribution in [3.05, 3.63) is 24.3 Å². The zero-order valence-corrected chi connectivity index (χ0v) is 11.5. The Kier molecular flexibility index (Phi) is 5.85. The first-order valence-electron chi connectivity index (χ1n) is 6.22. The topological polar surface area (TPSA) is 67.4 Å². The predicted octanol–water partition coefficient (Wildman–Crippen LogP) is 1.80. The van der Waals surface area contributed by atoms with Crippen LogP contribution >= 0.6 is 0 Å². The number of anilines is 1. The molecule has 0 saturated carbocycles. The van der Waals surface area contributed by atoms with Crippen LogP contribution in [-0.2, 0) is 9.59 Å². The maximum atomic E-state index is 11.7. The van der Waals surface area contributed by atoms with Crippen LogP contribution in [0.3, 0.4) is 0 Å². The maximum absolute atomic E-state index is 11.7. The number of benzene rings is 1. The van der Waals surface area contributed by atoms with Crippen molar-refractivity contribution in [1.29, 1.82) is 0 Å². The molecule has 2 N–H and O–H groups in total. The van der Waals surface area contributed by atoms with E-state index < -0.39 is 0 Å². The summed E-state index contributed by atoms with van der Waals surface area (Å²) in [6.07, 6.45) is -0.177. The third-order valence-electron chi connectivity index (χ3n) is 2.38. The fourth-order valence-electron chi connectivity index (χ4n) is 1.43. The molecule has 0 bridgehead atoms. The van der Waals surface area contributed by atoms with Crippen molar-refractivity contribution in [2.75, 3.05) is 19.0 Å². The van der Waals surface area contributed by atoms with Gasteiger partial charge in [-0.1, -0.05) is 19.9 Å². The summed E-state index contributed by atoms with van der Waals surface area (Å²) in [5.41, 5.74) is 0.612. The fraction of sp³-hybridized carbons (Fsp3) is 0.429. The number of carbonyl (C=O) groups is 2. The van der Waals surface area contributed by atoms with Crippen molar-refractivity contribution in [3.63, 3.8) is 0 Å². The molecule has 5 nitrogen and oxygen atoms in total. The number of methoxy groups -OCH3 is 1. The molecule has 0 aliphatic rings. The predicted molar refractivity (Wildman–Crippen MR) is 74.1 cm³/mol. The lowest BCUT2D eigenvalue weighted by Crippen LogP contribution is -2.30. The lowest BCUT2D eigenvalue weighted by molar-refractivity contribution is -0.126. The fourth-order valence-corrected chi connectivity index (χ4v) is 1.43. The number of rotatable bonds is 6. The second-order valence-electron chi connectivity index (χ2n) is 4.65. The van der Waals surface area contributed by atoms with Crippen LogP contribution in [0.5, 0.6) is 5.75 Å². The molecule has 1 aromatic rings. The summed E-state index contributed by atoms with van der Waals surface area (Å²) < 4.78 is 5.05. The van der Waals surface area contributed by atoms with Gasteiger partial charge in [-0.3, -0.25) is 9.59 Å². The van der Waals surface area contributed by atoms with Gasteiger partial charge in [0.2, 0.25) is 11.8 Å². The Bertz CT molecular complexity index is 444. The third-order valence-corrected chi connectivity index (χ3v) is 2.38. The number of carbonyl (C=O) groups excluding carboxylic acids is 2. The molecule has 104 valence electrons. The van der Waals surface area contributed by atoms with Gasteiger partial charge in [0.05, 0.1) is 7.11 Å². The molecule has 0 heterocycles. The van der Waals surface area contributed by atoms with Crippen LogP contribution in [0.15, 0.2) is 24.3 Å². The molecular formula is C14H20N2O3. The van der Waals surface area contributed by atoms with E-state index >= 15 is 0 Å². The monoisotopic (exact) mass is 264 g/mol. The number of nitrogens with one attached hydrogen (secondary N) is 2. The van der Waals surface area contributed by atoms with Gasteiger partial charge in [0.25, 0.3) is 0 Å². The molecule has 0 aromatic heterocycles. The Labute approximate surface area is 113 Å². The molecule has 0 spiro atoms. The highest BCUT2D eigenvalue weighted by molar-refractivity contribution is 6.03. The molecule has 1 aromatic carbocycles. The summed E-state index contributed by atoms with van der Waals surface area (Å²) >= 11 is 0. The van der Waals surface area contributed by atoms with Gasteiger partial charge in [0.15, 0.2) is 0 Å². The van der Waals surface area contributed by atoms with E-state index in [-0.39, 0.29) is 18.2 Å². The second-order valence-corrected chi connectivity index (χ2v) is 4.65. The van der Waals surface area contributed by atoms with Crippen LogP contribution in [0.2, 0.25) is 0 Å². The SMILES string of the molecule is COc1cccc(NC(=O)CC(=O)NCC(C)C)c1. The molecule has 1 rings (SSSR count). The summed E-state index contributed by atoms with van der Waals surface area (Å²) in [7, 11) is 1.56. The van der Waals surface area contributed by atoms with E-state index in [1.54, 1.807) is 31.4 Å². The van der Waals surface area contributed by atoms with Crippen molar-refractivity contribution in [1.82, 2.24) is 5.32 Å². The molecule has 5 heteroatoms. The van der Waals surface area contributed by atoms with Crippen molar-refractivity contribution in [2.45, 2.75) is 20.3 Å². The summed E-state index contributed by atoms with van der Waals surface area (Å²) in [6, 6.07) is 6.99. The van der Waals surface area contributed by atoms with Crippen LogP contribution in [0.1, 0.15) is 20.3 Å². The smallest absolute Gasteiger partial charge is 0.233 e. The zero-order valence-electron chi connectivity index (χ0n) is 11.5. The van der Waals surface area contributed by atoms with Crippen LogP contribution < -0.4 is 15.4 Å². The first-order valence-corrected chi connectivity index (χ1v) is 6.22. The molecule has 0 saturated heterocycles. The summed E-state index contributed by atoms with van der Waals surface area (Å²) in [5.74, 6) is 0.413. The lowest BCUT2D eigenvalue weighted by Gasteiger charge is -2.09. The molecule has 0 aliphatic carbocycles. The second kappa shape index (κ2) is 7.41. The molecular weight excluding hydrogens is 244 g/mol. The molecule has 2 amide bonds. The van der Waals surface area contributed by atoms with Crippen molar-refractivity contribution in [3.8, 4) is 5.75 Å². The third kappa shape index (κ3) is 5.90. The summed E-state index contributed by atoms with van der Waals surface area (Å²) in [5, 5.41) is 5.35. The van der Waals surface area contributed by atoms with Gasteiger partial charge in [-0.15, -0.1) is 0 Å². The normalized spacial score (nSPS) is 10.1. The van der Waals surface area contributed by atoms with E-state index in [0.717, 1.165) is 0 Å². The maximum Gasteiger partial charge on any atom is 0.233 e. The van der Waals surface area contributed by atoms with Gasteiger partial charge in [-0.2, -0.15) is 0 Å². The molecule has 0 aliphatic heterocycles. The van der Waals surface area contributed by atoms with E-state index in [4.69, 9.17) is 4.74 Å². The van der Waals surface area contributed by atoms with E-state index in [9.17, 15) is 9.59 Å². The Morgan fingerprint density at radius 1 is 1.26 bits per heavy atom. The Morgan fingerprint density at radius 2 is 2.00 bits per heavy atom. The average Bonchev–Trinajstić information content (AvgIpc) is 2.36. The molecule has 0 fully saturated rings. The molecule has 19 heavy (non-hydrogen) atoms. The van der Waals surface area contributed by atoms with Gasteiger partial charge in [0, 0.05) is 18.3 Å². The van der Waals surface area contributed by atoms with E-state index in [1.165, 1.54) is 0 Å². The largest absolute Gasteiger partial charge is 0.497 e. The van der Waals surface area contributed by atoms with Gasteiger partial charge in [-0.05, 0) is 18.1 Å². The zero-order chi connectivity index (χ0) is 14.3. The van der Waals surface area contributed by atoms with Gasteiger partial charge in [-0.25, -0.2) is 0 Å². The molecule has 0 unspecified atom stereocenters. The standard InChI is InChI=1S/C14H20N2O3/c1-10(2)9-15-13(17)8-14(18)16-11-5-4-6-12(7-11)19-3/h4-7,10H,8-9H2,1-3H3,(H,15,17)(H,16,18). The van der Waals surface area contributed by atoms with E-state index in [2.05, 4.69) is 10.6 Å². The van der Waals surface area contributed by atoms with Crippen molar-refractivity contribution >= 4 is 17.5 Å². The quantitative estimate of drug-likeness (QED) is 0.770. The minimum atomic E-state index is -0.338. The van der Waals surface area contributed by atoms with Gasteiger partial charge in [0.1, 0.15) is 12.2 Å². The van der Waals surface area contributed by atoms with Crippen molar-refractivity contribution < 1.29 is 14.3 Å². The number of hydrogen-bond acceptors (Lipinski definition) is 3. The minimum absolute atomic E-state index is 0.177. The van der Waals surface area contributed by atoms with Crippen LogP contribution in [-0.4, -0.2) is 25.5 Å². The minimum Gasteiger partial charge on any atom is -0.497 e. The van der Waals surface area contributed by atoms with E-state index in [0.29, 0.717) is 23.9 Å². The highest BCUT2D eigenvalue weighted by Gasteiger charge is 2.10. The molecule has 0 atom stereocenters. The number of hydrogen-bond donors (Lipinski definition) is 2. The van der Waals surface area contributed by atoms with Crippen LogP contribution in [0.25, 0.3) is 0 Å². The van der Waals surface area contributed by atoms with E-state index in [1.807, 2.05) is 13.8 Å². The highest BCUT2D eigenvalue weighted by Crippen LogP contribution is 2.16.